The lowest BCUT2D eigenvalue weighted by atomic mass is 10.8. The third kappa shape index (κ3) is 1.99. The van der Waals surface area contributed by atoms with Gasteiger partial charge in [0, 0.05) is 7.05 Å². The van der Waals surface area contributed by atoms with Gasteiger partial charge in [-0.1, -0.05) is 0 Å². The number of amides is 1. The van der Waals surface area contributed by atoms with E-state index in [4.69, 9.17) is 10.8 Å². The predicted molar refractivity (Wildman–Crippen MR) is 24.8 cm³/mol. The average molecular weight is 104 g/mol. The molecule has 4 nitrogen and oxygen atoms in total. The highest BCUT2D eigenvalue weighted by molar-refractivity contribution is 5.64. The monoisotopic (exact) mass is 104 g/mol. The minimum Gasteiger partial charge on any atom is -0.465 e. The summed E-state index contributed by atoms with van der Waals surface area (Å²) in [5.41, 5.74) is 4.92. The second-order valence-electron chi connectivity index (χ2n) is 1.16. The molecule has 0 bridgehead atoms. The van der Waals surface area contributed by atoms with Crippen LogP contribution in [0.1, 0.15) is 0 Å². The molecule has 0 atom stereocenters. The van der Waals surface area contributed by atoms with Crippen molar-refractivity contribution in [1.82, 2.24) is 4.90 Å². The van der Waals surface area contributed by atoms with Gasteiger partial charge < -0.3 is 10.8 Å². The first-order chi connectivity index (χ1) is 3.18. The fraction of sp³-hybridized carbons (Fsp3) is 0.667. The second-order valence-corrected chi connectivity index (χ2v) is 1.16. The Bertz CT molecular complexity index is 73.3. The quantitative estimate of drug-likeness (QED) is 0.441. The molecule has 7 heavy (non-hydrogen) atoms. The van der Waals surface area contributed by atoms with E-state index in [1.54, 1.807) is 0 Å². The Morgan fingerprint density at radius 1 is 2.00 bits per heavy atom. The van der Waals surface area contributed by atoms with Crippen LogP contribution in [0.5, 0.6) is 0 Å². The van der Waals surface area contributed by atoms with Crippen LogP contribution in [0.2, 0.25) is 0 Å². The maximum atomic E-state index is 9.78. The number of hydrogen-bond acceptors (Lipinski definition) is 2. The predicted octanol–water partition coefficient (Wildman–Crippen LogP) is -0.488. The number of rotatable bonds is 1. The molecule has 3 N–H and O–H groups in total. The number of carboxylic acid groups (broad SMARTS) is 1. The van der Waals surface area contributed by atoms with E-state index in [2.05, 4.69) is 0 Å². The molecule has 0 aliphatic heterocycles. The summed E-state index contributed by atoms with van der Waals surface area (Å²) in [5.74, 6) is 0. The summed E-state index contributed by atoms with van der Waals surface area (Å²) in [6.07, 6.45) is -0.998. The molecule has 0 aliphatic carbocycles. The van der Waals surface area contributed by atoms with Gasteiger partial charge in [-0.2, -0.15) is 0 Å². The van der Waals surface area contributed by atoms with E-state index in [1.165, 1.54) is 7.05 Å². The van der Waals surface area contributed by atoms with Crippen molar-refractivity contribution in [2.75, 3.05) is 13.7 Å². The fourth-order valence-corrected chi connectivity index (χ4v) is 0.0781. The smallest absolute Gasteiger partial charge is 0.408 e. The van der Waals surface area contributed by atoms with Crippen molar-refractivity contribution in [2.24, 2.45) is 5.73 Å². The molecule has 0 fully saturated rings. The molecule has 0 radical (unpaired) electrons. The van der Waals surface area contributed by atoms with Crippen LogP contribution in [0, 0.1) is 0 Å². The summed E-state index contributed by atoms with van der Waals surface area (Å²) in [5, 5.41) is 8.03. The van der Waals surface area contributed by atoms with Gasteiger partial charge in [0.15, 0.2) is 0 Å². The molecular formula is C3H8N2O2. The standard InChI is InChI=1S/C3H8N2O2/c1-5(2-4)3(6)7/h2,4H2,1H3,(H,6,7). The van der Waals surface area contributed by atoms with Crippen molar-refractivity contribution in [3.8, 4) is 0 Å². The van der Waals surface area contributed by atoms with Gasteiger partial charge >= 0.3 is 6.09 Å². The largest absolute Gasteiger partial charge is 0.465 e. The van der Waals surface area contributed by atoms with Crippen molar-refractivity contribution in [2.45, 2.75) is 0 Å². The lowest BCUT2D eigenvalue weighted by Crippen LogP contribution is -2.30. The summed E-state index contributed by atoms with van der Waals surface area (Å²) < 4.78 is 0. The fourth-order valence-electron chi connectivity index (χ4n) is 0.0781. The molecule has 4 heteroatoms. The number of nitrogens with two attached hydrogens (primary N) is 1. The first-order valence-corrected chi connectivity index (χ1v) is 1.82. The van der Waals surface area contributed by atoms with Crippen molar-refractivity contribution in [3.63, 3.8) is 0 Å². The van der Waals surface area contributed by atoms with Crippen molar-refractivity contribution in [1.29, 1.82) is 0 Å². The summed E-state index contributed by atoms with van der Waals surface area (Å²) >= 11 is 0. The molecule has 0 rings (SSSR count). The zero-order valence-corrected chi connectivity index (χ0v) is 4.09. The first-order valence-electron chi connectivity index (χ1n) is 1.82. The van der Waals surface area contributed by atoms with E-state index in [0.717, 1.165) is 4.90 Å². The Kier molecular flexibility index (Phi) is 2.15. The molecule has 1 amide bonds. The third-order valence-electron chi connectivity index (χ3n) is 0.600. The van der Waals surface area contributed by atoms with Crippen LogP contribution in [-0.2, 0) is 0 Å². The first kappa shape index (κ1) is 6.23. The van der Waals surface area contributed by atoms with E-state index in [-0.39, 0.29) is 6.67 Å². The maximum Gasteiger partial charge on any atom is 0.408 e. The van der Waals surface area contributed by atoms with Crippen LogP contribution in [-0.4, -0.2) is 29.8 Å². The highest BCUT2D eigenvalue weighted by atomic mass is 16.4. The summed E-state index contributed by atoms with van der Waals surface area (Å²) in [6.45, 7) is 0.0509. The zero-order chi connectivity index (χ0) is 5.86. The molecule has 42 valence electrons. The molecule has 0 aromatic rings. The van der Waals surface area contributed by atoms with Crippen LogP contribution in [0.3, 0.4) is 0 Å². The van der Waals surface area contributed by atoms with Gasteiger partial charge in [0.05, 0.1) is 6.67 Å². The molecule has 0 aliphatic rings. The number of carbonyl (C=O) groups is 1. The Morgan fingerprint density at radius 2 is 2.43 bits per heavy atom. The van der Waals surface area contributed by atoms with Gasteiger partial charge in [0.1, 0.15) is 0 Å². The minimum atomic E-state index is -0.998. The molecular weight excluding hydrogens is 96.0 g/mol. The van der Waals surface area contributed by atoms with E-state index in [1.807, 2.05) is 0 Å². The van der Waals surface area contributed by atoms with E-state index >= 15 is 0 Å². The van der Waals surface area contributed by atoms with Gasteiger partial charge in [0.25, 0.3) is 0 Å². The maximum absolute atomic E-state index is 9.78. The van der Waals surface area contributed by atoms with Crippen LogP contribution in [0.15, 0.2) is 0 Å². The lowest BCUT2D eigenvalue weighted by Gasteiger charge is -2.06. The van der Waals surface area contributed by atoms with Crippen molar-refractivity contribution >= 4 is 6.09 Å². The Balaban J connectivity index is 3.34. The second kappa shape index (κ2) is 2.41. The van der Waals surface area contributed by atoms with Gasteiger partial charge in [0.2, 0.25) is 0 Å². The van der Waals surface area contributed by atoms with E-state index < -0.39 is 6.09 Å². The average Bonchev–Trinajstić information content (AvgIpc) is 1.65. The van der Waals surface area contributed by atoms with Crippen LogP contribution < -0.4 is 5.73 Å². The molecule has 0 spiro atoms. The van der Waals surface area contributed by atoms with Gasteiger partial charge in [-0.25, -0.2) is 4.79 Å². The Labute approximate surface area is 41.5 Å². The summed E-state index contributed by atoms with van der Waals surface area (Å²) in [6, 6.07) is 0. The molecule has 0 aromatic heterocycles. The van der Waals surface area contributed by atoms with Gasteiger partial charge in [-0.3, -0.25) is 4.90 Å². The van der Waals surface area contributed by atoms with Gasteiger partial charge in [-0.15, -0.1) is 0 Å². The SMILES string of the molecule is CN(CN)C(=O)O. The zero-order valence-electron chi connectivity index (χ0n) is 4.09. The van der Waals surface area contributed by atoms with Crippen LogP contribution in [0.4, 0.5) is 4.79 Å². The van der Waals surface area contributed by atoms with E-state index in [9.17, 15) is 4.79 Å². The highest BCUT2D eigenvalue weighted by Gasteiger charge is 1.98. The van der Waals surface area contributed by atoms with Gasteiger partial charge in [-0.05, 0) is 0 Å². The Morgan fingerprint density at radius 3 is 2.43 bits per heavy atom. The van der Waals surface area contributed by atoms with Crippen LogP contribution in [0.25, 0.3) is 0 Å². The normalized spacial score (nSPS) is 8.29. The molecule has 0 aromatic carbocycles. The highest BCUT2D eigenvalue weighted by Crippen LogP contribution is 1.73. The van der Waals surface area contributed by atoms with E-state index in [0.29, 0.717) is 0 Å². The topological polar surface area (TPSA) is 66.6 Å². The number of nitrogens with zero attached hydrogens (tertiary/aromatic N) is 1. The molecule has 0 saturated heterocycles. The van der Waals surface area contributed by atoms with Crippen molar-refractivity contribution in [3.05, 3.63) is 0 Å². The number of hydrogen-bond donors (Lipinski definition) is 2. The minimum absolute atomic E-state index is 0.0509. The lowest BCUT2D eigenvalue weighted by molar-refractivity contribution is 0.157. The third-order valence-corrected chi connectivity index (χ3v) is 0.600. The molecule has 0 unspecified atom stereocenters. The summed E-state index contributed by atoms with van der Waals surface area (Å²) in [4.78, 5) is 10.8. The molecule has 0 heterocycles. The summed E-state index contributed by atoms with van der Waals surface area (Å²) in [7, 11) is 1.41. The van der Waals surface area contributed by atoms with Crippen molar-refractivity contribution < 1.29 is 9.90 Å². The molecule has 0 saturated carbocycles. The van der Waals surface area contributed by atoms with Crippen LogP contribution >= 0.6 is 0 Å². The Hall–Kier alpha value is -0.770.